The molecular weight excluding hydrogens is 167 g/mol. The molecule has 0 saturated heterocycles. The second kappa shape index (κ2) is 3.08. The van der Waals surface area contributed by atoms with Crippen molar-refractivity contribution in [1.82, 2.24) is 0 Å². The van der Waals surface area contributed by atoms with Crippen molar-refractivity contribution in [2.45, 2.75) is 24.2 Å². The second-order valence-electron chi connectivity index (χ2n) is 2.25. The van der Waals surface area contributed by atoms with Gasteiger partial charge in [-0.05, 0) is 19.3 Å². The van der Waals surface area contributed by atoms with Crippen LogP contribution in [0.4, 0.5) is 0 Å². The first-order valence-corrected chi connectivity index (χ1v) is 4.04. The van der Waals surface area contributed by atoms with Crippen LogP contribution in [0.3, 0.4) is 0 Å². The Balaban J connectivity index is 0.000000810. The van der Waals surface area contributed by atoms with E-state index in [0.717, 1.165) is 0 Å². The summed E-state index contributed by atoms with van der Waals surface area (Å²) in [5.74, 6) is 0. The van der Waals surface area contributed by atoms with Gasteiger partial charge in [-0.15, -0.1) is 0 Å². The third-order valence-corrected chi connectivity index (χ3v) is 2.94. The van der Waals surface area contributed by atoms with E-state index in [-0.39, 0.29) is 42.4 Å². The van der Waals surface area contributed by atoms with Gasteiger partial charge in [0.05, 0.1) is 0 Å². The van der Waals surface area contributed by atoms with Gasteiger partial charge in [-0.3, -0.25) is 0 Å². The normalized spacial score (nSPS) is 22.6. The molecule has 0 spiro atoms. The van der Waals surface area contributed by atoms with E-state index in [2.05, 4.69) is 0 Å². The average Bonchev–Trinajstić information content (AvgIpc) is 1.57. The zero-order chi connectivity index (χ0) is 7.12. The molecule has 1 fully saturated rings. The van der Waals surface area contributed by atoms with E-state index in [9.17, 15) is 13.0 Å². The summed E-state index contributed by atoms with van der Waals surface area (Å²) < 4.78 is 30.4. The molecule has 0 atom stereocenters. The number of hydrogen-bond acceptors (Lipinski definition) is 4. The SMILES string of the molecule is O=S(=O)([O-])C1(O)CCC1.[Na+]. The topological polar surface area (TPSA) is 77.4 Å². The summed E-state index contributed by atoms with van der Waals surface area (Å²) in [4.78, 5) is -1.92. The first-order chi connectivity index (χ1) is 3.96. The fourth-order valence-corrected chi connectivity index (χ4v) is 1.52. The van der Waals surface area contributed by atoms with Crippen molar-refractivity contribution in [2.75, 3.05) is 0 Å². The molecule has 0 radical (unpaired) electrons. The Hall–Kier alpha value is 0.870. The standard InChI is InChI=1S/C4H8O4S.Na/c5-4(2-1-3-4)9(6,7)8;/h5H,1-3H2,(H,6,7,8);/q;+1/p-1. The maximum atomic E-state index is 10.1. The largest absolute Gasteiger partial charge is 1.00 e. The van der Waals surface area contributed by atoms with Crippen LogP contribution in [0.2, 0.25) is 0 Å². The van der Waals surface area contributed by atoms with E-state index in [1.807, 2.05) is 0 Å². The van der Waals surface area contributed by atoms with Gasteiger partial charge in [0, 0.05) is 0 Å². The van der Waals surface area contributed by atoms with Crippen molar-refractivity contribution in [3.63, 3.8) is 0 Å². The van der Waals surface area contributed by atoms with Gasteiger partial charge in [-0.1, -0.05) is 0 Å². The van der Waals surface area contributed by atoms with Crippen molar-refractivity contribution >= 4 is 10.1 Å². The van der Waals surface area contributed by atoms with Crippen LogP contribution >= 0.6 is 0 Å². The molecule has 0 aromatic carbocycles. The van der Waals surface area contributed by atoms with Gasteiger partial charge in [-0.2, -0.15) is 0 Å². The molecule has 0 amide bonds. The summed E-state index contributed by atoms with van der Waals surface area (Å²) in [5, 5.41) is 8.85. The maximum absolute atomic E-state index is 10.1. The van der Waals surface area contributed by atoms with Crippen molar-refractivity contribution < 1.29 is 47.6 Å². The van der Waals surface area contributed by atoms with Crippen LogP contribution in [-0.4, -0.2) is 23.0 Å². The minimum absolute atomic E-state index is 0. The Kier molecular flexibility index (Phi) is 3.35. The van der Waals surface area contributed by atoms with Gasteiger partial charge in [-0.25, -0.2) is 8.42 Å². The first-order valence-electron chi connectivity index (χ1n) is 2.63. The van der Waals surface area contributed by atoms with E-state index < -0.39 is 15.1 Å². The summed E-state index contributed by atoms with van der Waals surface area (Å²) in [6.07, 6.45) is 0.815. The average molecular weight is 174 g/mol. The molecule has 0 aromatic heterocycles. The van der Waals surface area contributed by atoms with Crippen LogP contribution in [0.1, 0.15) is 19.3 Å². The Morgan fingerprint density at radius 1 is 1.40 bits per heavy atom. The quantitative estimate of drug-likeness (QED) is 0.329. The molecule has 0 aliphatic heterocycles. The summed E-state index contributed by atoms with van der Waals surface area (Å²) >= 11 is 0. The number of hydrogen-bond donors (Lipinski definition) is 1. The molecule has 6 heteroatoms. The molecule has 54 valence electrons. The zero-order valence-electron chi connectivity index (χ0n) is 5.70. The number of rotatable bonds is 1. The molecule has 0 heterocycles. The second-order valence-corrected chi connectivity index (χ2v) is 3.92. The Labute approximate surface area is 81.7 Å². The third-order valence-electron chi connectivity index (χ3n) is 1.60. The van der Waals surface area contributed by atoms with Crippen molar-refractivity contribution in [2.24, 2.45) is 0 Å². The van der Waals surface area contributed by atoms with Gasteiger partial charge >= 0.3 is 29.6 Å². The van der Waals surface area contributed by atoms with Crippen LogP contribution in [-0.2, 0) is 10.1 Å². The minimum atomic E-state index is -4.46. The molecule has 1 N–H and O–H groups in total. The van der Waals surface area contributed by atoms with Crippen molar-refractivity contribution in [3.8, 4) is 0 Å². The van der Waals surface area contributed by atoms with Gasteiger partial charge in [0.1, 0.15) is 10.1 Å². The summed E-state index contributed by atoms with van der Waals surface area (Å²) in [5.41, 5.74) is 0. The van der Waals surface area contributed by atoms with Crippen LogP contribution < -0.4 is 29.6 Å². The van der Waals surface area contributed by atoms with Gasteiger partial charge < -0.3 is 9.66 Å². The molecular formula is C4H7NaO4S. The maximum Gasteiger partial charge on any atom is 1.00 e. The molecule has 4 nitrogen and oxygen atoms in total. The fraction of sp³-hybridized carbons (Fsp3) is 1.00. The Morgan fingerprint density at radius 2 is 1.80 bits per heavy atom. The van der Waals surface area contributed by atoms with Gasteiger partial charge in [0.25, 0.3) is 0 Å². The van der Waals surface area contributed by atoms with Crippen LogP contribution in [0.15, 0.2) is 0 Å². The molecule has 1 aliphatic rings. The summed E-state index contributed by atoms with van der Waals surface area (Å²) in [6, 6.07) is 0. The predicted molar refractivity (Wildman–Crippen MR) is 28.5 cm³/mol. The van der Waals surface area contributed by atoms with Crippen LogP contribution in [0, 0.1) is 0 Å². The number of aliphatic hydroxyl groups is 1. The Morgan fingerprint density at radius 3 is 1.80 bits per heavy atom. The van der Waals surface area contributed by atoms with Gasteiger partial charge in [0.15, 0.2) is 4.93 Å². The molecule has 10 heavy (non-hydrogen) atoms. The molecule has 0 unspecified atom stereocenters. The van der Waals surface area contributed by atoms with Crippen molar-refractivity contribution in [1.29, 1.82) is 0 Å². The van der Waals surface area contributed by atoms with E-state index in [1.165, 1.54) is 0 Å². The van der Waals surface area contributed by atoms with E-state index >= 15 is 0 Å². The molecule has 1 aliphatic carbocycles. The molecule has 0 aromatic rings. The smallest absolute Gasteiger partial charge is 0.746 e. The summed E-state index contributed by atoms with van der Waals surface area (Å²) in [7, 11) is -4.46. The summed E-state index contributed by atoms with van der Waals surface area (Å²) in [6.45, 7) is 0. The molecule has 1 saturated carbocycles. The minimum Gasteiger partial charge on any atom is -0.746 e. The Bertz CT molecular complexity index is 205. The fourth-order valence-electron chi connectivity index (χ4n) is 0.729. The van der Waals surface area contributed by atoms with Gasteiger partial charge in [0.2, 0.25) is 0 Å². The monoisotopic (exact) mass is 174 g/mol. The van der Waals surface area contributed by atoms with E-state index in [1.54, 1.807) is 0 Å². The third kappa shape index (κ3) is 1.72. The first kappa shape index (κ1) is 10.9. The van der Waals surface area contributed by atoms with Crippen LogP contribution in [0.5, 0.6) is 0 Å². The van der Waals surface area contributed by atoms with Crippen molar-refractivity contribution in [3.05, 3.63) is 0 Å². The zero-order valence-corrected chi connectivity index (χ0v) is 8.52. The van der Waals surface area contributed by atoms with E-state index in [4.69, 9.17) is 5.11 Å². The van der Waals surface area contributed by atoms with Crippen LogP contribution in [0.25, 0.3) is 0 Å². The molecule has 1 rings (SSSR count). The molecule has 0 bridgehead atoms. The van der Waals surface area contributed by atoms with E-state index in [0.29, 0.717) is 6.42 Å². The predicted octanol–water partition coefficient (Wildman–Crippen LogP) is -3.59.